The summed E-state index contributed by atoms with van der Waals surface area (Å²) in [5.74, 6) is 6.28. The zero-order valence-electron chi connectivity index (χ0n) is 14.7. The lowest BCUT2D eigenvalue weighted by molar-refractivity contribution is 0.289. The van der Waals surface area contributed by atoms with Gasteiger partial charge in [-0.25, -0.2) is 0 Å². The lowest BCUT2D eigenvalue weighted by atomic mass is 10.1. The van der Waals surface area contributed by atoms with Gasteiger partial charge >= 0.3 is 0 Å². The maximum absolute atomic E-state index is 3.61. The van der Waals surface area contributed by atoms with E-state index in [9.17, 15) is 0 Å². The minimum atomic E-state index is 0.367. The van der Waals surface area contributed by atoms with Crippen molar-refractivity contribution in [1.82, 2.24) is 10.2 Å². The number of hydrogen-bond donors (Lipinski definition) is 1. The van der Waals surface area contributed by atoms with Crippen LogP contribution in [0, 0.1) is 11.8 Å². The average Bonchev–Trinajstić information content (AvgIpc) is 2.52. The van der Waals surface area contributed by atoms with Crippen LogP contribution in [0.15, 0.2) is 42.1 Å². The summed E-state index contributed by atoms with van der Waals surface area (Å²) in [7, 11) is 0. The van der Waals surface area contributed by atoms with Gasteiger partial charge in [-0.2, -0.15) is 0 Å². The summed E-state index contributed by atoms with van der Waals surface area (Å²) >= 11 is 0. The molecule has 1 aromatic carbocycles. The molecule has 0 radical (unpaired) electrons. The van der Waals surface area contributed by atoms with Crippen molar-refractivity contribution in [2.45, 2.75) is 53.1 Å². The number of rotatable bonds is 8. The summed E-state index contributed by atoms with van der Waals surface area (Å²) < 4.78 is 0. The standard InChI is InChI=1S/C20H30N2/c1-6-11-20(12-7-2)22(17(3)4)16-15-21-18(5)19-13-9-8-10-14-19/h8-11,13-14,17-18,21H,6,15-16H2,1-5H3/b20-11+. The highest BCUT2D eigenvalue weighted by molar-refractivity contribution is 5.27. The van der Waals surface area contributed by atoms with E-state index in [0.29, 0.717) is 12.1 Å². The molecule has 2 heteroatoms. The van der Waals surface area contributed by atoms with E-state index < -0.39 is 0 Å². The molecule has 0 spiro atoms. The molecule has 0 aliphatic rings. The Morgan fingerprint density at radius 1 is 1.23 bits per heavy atom. The molecule has 0 fully saturated rings. The first-order valence-corrected chi connectivity index (χ1v) is 8.28. The second-order valence-electron chi connectivity index (χ2n) is 5.75. The predicted molar refractivity (Wildman–Crippen MR) is 96.5 cm³/mol. The molecule has 0 aromatic heterocycles. The summed E-state index contributed by atoms with van der Waals surface area (Å²) in [4.78, 5) is 2.38. The molecule has 1 aromatic rings. The van der Waals surface area contributed by atoms with E-state index in [4.69, 9.17) is 0 Å². The summed E-state index contributed by atoms with van der Waals surface area (Å²) in [5, 5.41) is 3.61. The van der Waals surface area contributed by atoms with Crippen molar-refractivity contribution in [3.8, 4) is 11.8 Å². The van der Waals surface area contributed by atoms with Crippen LogP contribution in [-0.4, -0.2) is 24.0 Å². The third-order valence-corrected chi connectivity index (χ3v) is 3.69. The van der Waals surface area contributed by atoms with Gasteiger partial charge in [-0.1, -0.05) is 49.3 Å². The van der Waals surface area contributed by atoms with Gasteiger partial charge in [-0.15, -0.1) is 0 Å². The van der Waals surface area contributed by atoms with Gasteiger partial charge in [0.1, 0.15) is 0 Å². The quantitative estimate of drug-likeness (QED) is 0.717. The highest BCUT2D eigenvalue weighted by atomic mass is 15.2. The SMILES string of the molecule is CC#C/C(=C\CC)N(CCNC(C)c1ccccc1)C(C)C. The highest BCUT2D eigenvalue weighted by Crippen LogP contribution is 2.12. The monoisotopic (exact) mass is 298 g/mol. The van der Waals surface area contributed by atoms with Crippen molar-refractivity contribution in [2.75, 3.05) is 13.1 Å². The van der Waals surface area contributed by atoms with Crippen LogP contribution in [0.3, 0.4) is 0 Å². The van der Waals surface area contributed by atoms with Crippen molar-refractivity contribution in [2.24, 2.45) is 0 Å². The van der Waals surface area contributed by atoms with Crippen LogP contribution in [-0.2, 0) is 0 Å². The van der Waals surface area contributed by atoms with Gasteiger partial charge in [0.05, 0.1) is 5.70 Å². The molecule has 1 N–H and O–H groups in total. The van der Waals surface area contributed by atoms with Gasteiger partial charge < -0.3 is 10.2 Å². The summed E-state index contributed by atoms with van der Waals surface area (Å²) in [6.45, 7) is 12.6. The van der Waals surface area contributed by atoms with Crippen molar-refractivity contribution in [3.63, 3.8) is 0 Å². The molecule has 0 heterocycles. The summed E-state index contributed by atoms with van der Waals surface area (Å²) in [6.07, 6.45) is 3.23. The molecule has 22 heavy (non-hydrogen) atoms. The van der Waals surface area contributed by atoms with Crippen LogP contribution in [0.4, 0.5) is 0 Å². The molecule has 0 amide bonds. The van der Waals surface area contributed by atoms with Gasteiger partial charge in [0.2, 0.25) is 0 Å². The molecule has 1 rings (SSSR count). The van der Waals surface area contributed by atoms with E-state index in [1.165, 1.54) is 5.56 Å². The fraction of sp³-hybridized carbons (Fsp3) is 0.500. The van der Waals surface area contributed by atoms with E-state index in [1.807, 2.05) is 6.92 Å². The second kappa shape index (κ2) is 10.1. The van der Waals surface area contributed by atoms with Crippen LogP contribution >= 0.6 is 0 Å². The first-order valence-electron chi connectivity index (χ1n) is 8.28. The van der Waals surface area contributed by atoms with Gasteiger partial charge in [-0.05, 0) is 45.6 Å². The predicted octanol–water partition coefficient (Wildman–Crippen LogP) is 4.36. The van der Waals surface area contributed by atoms with E-state index in [2.05, 4.69) is 86.2 Å². The Kier molecular flexibility index (Phi) is 8.40. The first-order chi connectivity index (χ1) is 10.6. The molecular formula is C20H30N2. The second-order valence-corrected chi connectivity index (χ2v) is 5.75. The lowest BCUT2D eigenvalue weighted by Crippen LogP contribution is -2.36. The first kappa shape index (κ1) is 18.3. The number of benzene rings is 1. The Hall–Kier alpha value is -1.72. The van der Waals surface area contributed by atoms with Crippen LogP contribution in [0.25, 0.3) is 0 Å². The normalized spacial score (nSPS) is 12.7. The van der Waals surface area contributed by atoms with E-state index >= 15 is 0 Å². The zero-order chi connectivity index (χ0) is 16.4. The minimum Gasteiger partial charge on any atom is -0.361 e. The Balaban J connectivity index is 2.61. The largest absolute Gasteiger partial charge is 0.361 e. The Labute approximate surface area is 136 Å². The van der Waals surface area contributed by atoms with E-state index in [0.717, 1.165) is 25.2 Å². The number of nitrogens with zero attached hydrogens (tertiary/aromatic N) is 1. The lowest BCUT2D eigenvalue weighted by Gasteiger charge is -2.29. The van der Waals surface area contributed by atoms with Gasteiger partial charge in [0.25, 0.3) is 0 Å². The molecule has 120 valence electrons. The van der Waals surface area contributed by atoms with E-state index in [-0.39, 0.29) is 0 Å². The van der Waals surface area contributed by atoms with Crippen molar-refractivity contribution >= 4 is 0 Å². The molecule has 0 saturated heterocycles. The highest BCUT2D eigenvalue weighted by Gasteiger charge is 2.12. The third-order valence-electron chi connectivity index (χ3n) is 3.69. The maximum Gasteiger partial charge on any atom is 0.0841 e. The van der Waals surface area contributed by atoms with Gasteiger partial charge in [0.15, 0.2) is 0 Å². The van der Waals surface area contributed by atoms with Crippen molar-refractivity contribution < 1.29 is 0 Å². The van der Waals surface area contributed by atoms with E-state index in [1.54, 1.807) is 0 Å². The van der Waals surface area contributed by atoms with Crippen molar-refractivity contribution in [3.05, 3.63) is 47.7 Å². The summed E-state index contributed by atoms with van der Waals surface area (Å²) in [6, 6.07) is 11.4. The number of allylic oxidation sites excluding steroid dienone is 2. The molecule has 0 saturated carbocycles. The smallest absolute Gasteiger partial charge is 0.0841 e. The molecule has 2 nitrogen and oxygen atoms in total. The zero-order valence-corrected chi connectivity index (χ0v) is 14.7. The van der Waals surface area contributed by atoms with Crippen LogP contribution in [0.5, 0.6) is 0 Å². The molecule has 0 bridgehead atoms. The van der Waals surface area contributed by atoms with Crippen LogP contribution in [0.2, 0.25) is 0 Å². The van der Waals surface area contributed by atoms with Gasteiger partial charge in [0, 0.05) is 25.2 Å². The molecule has 0 aliphatic heterocycles. The topological polar surface area (TPSA) is 15.3 Å². The fourth-order valence-electron chi connectivity index (χ4n) is 2.48. The third kappa shape index (κ3) is 5.95. The fourth-order valence-corrected chi connectivity index (χ4v) is 2.48. The Morgan fingerprint density at radius 3 is 2.45 bits per heavy atom. The van der Waals surface area contributed by atoms with Crippen LogP contribution in [0.1, 0.15) is 52.6 Å². The molecular weight excluding hydrogens is 268 g/mol. The number of hydrogen-bond acceptors (Lipinski definition) is 2. The molecule has 1 unspecified atom stereocenters. The average molecular weight is 298 g/mol. The van der Waals surface area contributed by atoms with Crippen LogP contribution < -0.4 is 5.32 Å². The summed E-state index contributed by atoms with van der Waals surface area (Å²) in [5.41, 5.74) is 2.48. The molecule has 1 atom stereocenters. The van der Waals surface area contributed by atoms with Gasteiger partial charge in [-0.3, -0.25) is 0 Å². The Bertz CT molecular complexity index is 506. The molecule has 0 aliphatic carbocycles. The minimum absolute atomic E-state index is 0.367. The van der Waals surface area contributed by atoms with Crippen molar-refractivity contribution in [1.29, 1.82) is 0 Å². The number of nitrogens with one attached hydrogen (secondary N) is 1. The maximum atomic E-state index is 3.61. The Morgan fingerprint density at radius 2 is 1.91 bits per heavy atom.